The standard InChI is InChI=1S/C30H47F3N2O5.C21H33F3O3/c1-17-10-13-35(6)15-20(17)25(37)34-26(38)40-22-14-27(4,16-30(31,32)33)24(36)19(3)29-11-8-18(2)28(22,5)23(29)21(39-7)9-12-29;1-12-6-8-20-9-7-14(27-5)16(20)19(12,4)15(25)10-18(3,11-21(22,23)24)17(26)13(20)2/h17-23H,8-16H2,1-7H3,(H,34,37,38);12-16,25H,6-11H2,1-5H3/t17-,18+,19-,20-,21+,22+,23?,27-,28-,29?;12-,13+,14-,15-,16?,18+,19+,20?/m01/s1. The van der Waals surface area contributed by atoms with E-state index in [0.29, 0.717) is 25.8 Å². The number of ether oxygens (including phenoxy) is 3. The molecule has 0 aromatic heterocycles. The second kappa shape index (κ2) is 18.7. The summed E-state index contributed by atoms with van der Waals surface area (Å²) in [7, 11) is 5.22. The van der Waals surface area contributed by atoms with Crippen LogP contribution in [0.2, 0.25) is 0 Å². The van der Waals surface area contributed by atoms with Crippen molar-refractivity contribution in [3.05, 3.63) is 0 Å². The molecule has 384 valence electrons. The van der Waals surface area contributed by atoms with E-state index in [2.05, 4.69) is 19.2 Å². The number of aliphatic hydroxyl groups excluding tert-OH is 1. The Balaban J connectivity index is 0.000000238. The minimum Gasteiger partial charge on any atom is -0.445 e. The fraction of sp³-hybridized carbons (Fsp3) is 0.922. The van der Waals surface area contributed by atoms with Gasteiger partial charge in [0, 0.05) is 60.2 Å². The van der Waals surface area contributed by atoms with Gasteiger partial charge in [-0.2, -0.15) is 26.3 Å². The third-order valence-corrected chi connectivity index (χ3v) is 20.5. The first kappa shape index (κ1) is 54.0. The fourth-order valence-electron chi connectivity index (χ4n) is 16.3. The topological polar surface area (TPSA) is 131 Å². The molecule has 6 aliphatic carbocycles. The van der Waals surface area contributed by atoms with Crippen LogP contribution in [0.15, 0.2) is 0 Å². The summed E-state index contributed by atoms with van der Waals surface area (Å²) in [6.07, 6.45) is -8.10. The summed E-state index contributed by atoms with van der Waals surface area (Å²) in [5, 5.41) is 13.7. The number of halogens is 6. The van der Waals surface area contributed by atoms with Crippen molar-refractivity contribution in [2.75, 3.05) is 34.4 Å². The van der Waals surface area contributed by atoms with Gasteiger partial charge in [-0.15, -0.1) is 0 Å². The monoisotopic (exact) mass is 963 g/mol. The van der Waals surface area contributed by atoms with Crippen LogP contribution < -0.4 is 5.32 Å². The molecule has 1 heterocycles. The minimum absolute atomic E-state index is 0.00238. The number of nitrogens with one attached hydrogen (secondary N) is 1. The van der Waals surface area contributed by atoms with Crippen molar-refractivity contribution in [2.24, 2.45) is 79.8 Å². The number of Topliss-reactive ketones (excluding diaryl/α,β-unsaturated/α-hetero) is 2. The molecule has 7 aliphatic rings. The average Bonchev–Trinajstić information content (AvgIpc) is 3.82. The summed E-state index contributed by atoms with van der Waals surface area (Å²) < 4.78 is 99.7. The fourth-order valence-corrected chi connectivity index (χ4v) is 16.3. The highest BCUT2D eigenvalue weighted by Crippen LogP contribution is 2.71. The number of nitrogens with zero attached hydrogens (tertiary/aromatic N) is 1. The van der Waals surface area contributed by atoms with Crippen molar-refractivity contribution in [2.45, 2.75) is 183 Å². The number of likely N-dealkylation sites (tertiary alicyclic amines) is 1. The van der Waals surface area contributed by atoms with Crippen LogP contribution in [0.4, 0.5) is 31.1 Å². The number of amides is 2. The Morgan fingerprint density at radius 1 is 0.701 bits per heavy atom. The lowest BCUT2D eigenvalue weighted by Gasteiger charge is -2.61. The number of carbonyl (C=O) groups excluding carboxylic acids is 4. The Morgan fingerprint density at radius 2 is 1.13 bits per heavy atom. The number of alkyl carbamates (subject to hydrolysis) is 1. The number of methoxy groups -OCH3 is 2. The van der Waals surface area contributed by atoms with E-state index in [1.807, 2.05) is 39.6 Å². The lowest BCUT2D eigenvalue weighted by molar-refractivity contribution is -0.207. The van der Waals surface area contributed by atoms with Gasteiger partial charge in [0.2, 0.25) is 5.91 Å². The summed E-state index contributed by atoms with van der Waals surface area (Å²) in [6, 6.07) is 0. The minimum atomic E-state index is -4.57. The second-order valence-electron chi connectivity index (χ2n) is 24.0. The lowest BCUT2D eigenvalue weighted by atomic mass is 9.43. The summed E-state index contributed by atoms with van der Waals surface area (Å²) in [5.74, 6) is -2.59. The Kier molecular flexibility index (Phi) is 15.1. The molecule has 18 atom stereocenters. The first-order valence-corrected chi connectivity index (χ1v) is 25.0. The van der Waals surface area contributed by atoms with Crippen molar-refractivity contribution < 1.29 is 64.8 Å². The van der Waals surface area contributed by atoms with Gasteiger partial charge in [0.15, 0.2) is 0 Å². The SMILES string of the molecule is CO[C@@H]1CCC23CC[C@@H](C)[C@](C)(C12)[C@H](O)C[C@@](C)(CC(F)(F)F)C(=O)[C@@H]3C.CO[C@@H]1CCC23CC[C@@H](C)[C@](C)(C12)[C@H](OC(=O)NC(=O)[C@H]1CN(C)CC[C@@H]1C)C[C@@](C)(CC(F)(F)F)C(=O)[C@@H]3C. The molecule has 1 aliphatic heterocycles. The summed E-state index contributed by atoms with van der Waals surface area (Å²) in [4.78, 5) is 55.9. The van der Waals surface area contributed by atoms with Gasteiger partial charge in [0.1, 0.15) is 17.7 Å². The highest BCUT2D eigenvalue weighted by Gasteiger charge is 2.71. The van der Waals surface area contributed by atoms with E-state index in [0.717, 1.165) is 45.1 Å². The quantitative estimate of drug-likeness (QED) is 0.250. The zero-order chi connectivity index (χ0) is 50.2. The molecule has 2 amide bonds. The van der Waals surface area contributed by atoms with Gasteiger partial charge < -0.3 is 24.2 Å². The van der Waals surface area contributed by atoms with Crippen molar-refractivity contribution in [3.8, 4) is 0 Å². The van der Waals surface area contributed by atoms with Gasteiger partial charge in [-0.1, -0.05) is 62.3 Å². The van der Waals surface area contributed by atoms with Gasteiger partial charge in [0.25, 0.3) is 0 Å². The molecule has 0 radical (unpaired) electrons. The van der Waals surface area contributed by atoms with Crippen molar-refractivity contribution in [1.29, 1.82) is 0 Å². The number of ketones is 2. The highest BCUT2D eigenvalue weighted by molar-refractivity contribution is 5.93. The summed E-state index contributed by atoms with van der Waals surface area (Å²) in [5.41, 5.74) is -5.59. The third-order valence-electron chi connectivity index (χ3n) is 20.5. The first-order valence-electron chi connectivity index (χ1n) is 25.0. The normalized spacial score (nSPS) is 47.0. The molecule has 67 heavy (non-hydrogen) atoms. The predicted octanol–water partition coefficient (Wildman–Crippen LogP) is 10.4. The maximum atomic E-state index is 14.0. The smallest absolute Gasteiger partial charge is 0.414 e. The molecule has 6 saturated carbocycles. The van der Waals surface area contributed by atoms with Crippen LogP contribution in [0.1, 0.15) is 146 Å². The Bertz CT molecular complexity index is 1870. The van der Waals surface area contributed by atoms with Gasteiger partial charge in [-0.3, -0.25) is 19.7 Å². The van der Waals surface area contributed by atoms with Crippen LogP contribution in [-0.2, 0) is 28.6 Å². The van der Waals surface area contributed by atoms with Crippen LogP contribution in [0.5, 0.6) is 0 Å². The molecule has 7 fully saturated rings. The number of carbonyl (C=O) groups is 4. The molecule has 16 heteroatoms. The maximum absolute atomic E-state index is 14.0. The molecule has 7 rings (SSSR count). The number of aliphatic hydroxyl groups is 1. The van der Waals surface area contributed by atoms with E-state index in [9.17, 15) is 50.6 Å². The maximum Gasteiger partial charge on any atom is 0.414 e. The number of alkyl halides is 6. The van der Waals surface area contributed by atoms with Gasteiger partial charge >= 0.3 is 18.4 Å². The molecule has 2 N–H and O–H groups in total. The number of hydrogen-bond donors (Lipinski definition) is 2. The van der Waals surface area contributed by atoms with E-state index >= 15 is 0 Å². The molecule has 1 saturated heterocycles. The third kappa shape index (κ3) is 9.39. The van der Waals surface area contributed by atoms with Crippen molar-refractivity contribution in [1.82, 2.24) is 10.2 Å². The molecule has 10 nitrogen and oxygen atoms in total. The molecular weight excluding hydrogens is 883 g/mol. The van der Waals surface area contributed by atoms with Crippen LogP contribution in [0.3, 0.4) is 0 Å². The van der Waals surface area contributed by atoms with Crippen LogP contribution in [0.25, 0.3) is 0 Å². The van der Waals surface area contributed by atoms with Crippen LogP contribution >= 0.6 is 0 Å². The Hall–Kier alpha value is -2.30. The molecule has 0 aromatic carbocycles. The van der Waals surface area contributed by atoms with Crippen LogP contribution in [0, 0.1) is 79.8 Å². The molecule has 4 unspecified atom stereocenters. The Labute approximate surface area is 394 Å². The summed E-state index contributed by atoms with van der Waals surface area (Å²) >= 11 is 0. The lowest BCUT2D eigenvalue weighted by Crippen LogP contribution is -2.63. The van der Waals surface area contributed by atoms with Crippen LogP contribution in [-0.4, -0.2) is 105 Å². The number of hydrogen-bond acceptors (Lipinski definition) is 9. The number of rotatable bonds is 6. The van der Waals surface area contributed by atoms with E-state index in [-0.39, 0.29) is 65.8 Å². The van der Waals surface area contributed by atoms with Crippen molar-refractivity contribution in [3.63, 3.8) is 0 Å². The Morgan fingerprint density at radius 3 is 1.60 bits per heavy atom. The van der Waals surface area contributed by atoms with E-state index in [1.54, 1.807) is 21.1 Å². The number of imide groups is 1. The first-order chi connectivity index (χ1) is 30.8. The van der Waals surface area contributed by atoms with E-state index in [4.69, 9.17) is 14.2 Å². The largest absolute Gasteiger partial charge is 0.445 e. The van der Waals surface area contributed by atoms with Gasteiger partial charge in [-0.25, -0.2) is 4.79 Å². The molecule has 0 aromatic rings. The van der Waals surface area contributed by atoms with E-state index in [1.165, 1.54) is 13.8 Å². The average molecular weight is 963 g/mol. The molecule has 0 spiro atoms. The van der Waals surface area contributed by atoms with Gasteiger partial charge in [0.05, 0.1) is 37.1 Å². The molecule has 4 bridgehead atoms. The molecular formula is C51H80F6N2O8. The van der Waals surface area contributed by atoms with Gasteiger partial charge in [-0.05, 0) is 119 Å². The number of piperidine rings is 1. The zero-order valence-electron chi connectivity index (χ0n) is 42.1. The second-order valence-corrected chi connectivity index (χ2v) is 24.0. The van der Waals surface area contributed by atoms with E-state index < -0.39 is 100 Å². The highest BCUT2D eigenvalue weighted by atomic mass is 19.4. The van der Waals surface area contributed by atoms with Crippen molar-refractivity contribution >= 4 is 23.6 Å². The summed E-state index contributed by atoms with van der Waals surface area (Å²) in [6.45, 7) is 17.9. The zero-order valence-corrected chi connectivity index (χ0v) is 42.1. The predicted molar refractivity (Wildman–Crippen MR) is 239 cm³/mol.